The van der Waals surface area contributed by atoms with Crippen LogP contribution in [0.25, 0.3) is 0 Å². The number of rotatable bonds is 8. The van der Waals surface area contributed by atoms with Crippen LogP contribution in [0.15, 0.2) is 70.9 Å². The van der Waals surface area contributed by atoms with Crippen LogP contribution in [0, 0.1) is 0 Å². The molecule has 0 saturated carbocycles. The van der Waals surface area contributed by atoms with Crippen molar-refractivity contribution in [1.82, 2.24) is 5.32 Å². The van der Waals surface area contributed by atoms with Crippen LogP contribution in [-0.2, 0) is 4.79 Å². The molecule has 0 spiro atoms. The maximum Gasteiger partial charge on any atom is 0.244 e. The third-order valence-corrected chi connectivity index (χ3v) is 4.29. The lowest BCUT2D eigenvalue weighted by molar-refractivity contribution is -0.116. The SMILES string of the molecule is C=C1CCCC(C)=C1/C=C/C(C)=C/C=C/C(C)=C/C(=O)NCCCC. The van der Waals surface area contributed by atoms with Crippen LogP contribution >= 0.6 is 0 Å². The van der Waals surface area contributed by atoms with Gasteiger partial charge in [-0.3, -0.25) is 4.79 Å². The van der Waals surface area contributed by atoms with Gasteiger partial charge in [-0.1, -0.05) is 61.4 Å². The molecule has 1 N–H and O–H groups in total. The molecule has 1 rings (SSSR count). The van der Waals surface area contributed by atoms with Gasteiger partial charge in [0, 0.05) is 12.6 Å². The molecular weight excluding hydrogens is 306 g/mol. The summed E-state index contributed by atoms with van der Waals surface area (Å²) in [5.41, 5.74) is 6.11. The number of amides is 1. The van der Waals surface area contributed by atoms with Gasteiger partial charge in [0.15, 0.2) is 0 Å². The molecule has 2 heteroatoms. The molecule has 136 valence electrons. The summed E-state index contributed by atoms with van der Waals surface area (Å²) in [4.78, 5) is 11.7. The number of allylic oxidation sites excluding steroid dienone is 10. The zero-order chi connectivity index (χ0) is 18.7. The molecule has 0 aromatic carbocycles. The summed E-state index contributed by atoms with van der Waals surface area (Å²) in [6.07, 6.45) is 17.6. The van der Waals surface area contributed by atoms with Gasteiger partial charge in [0.05, 0.1) is 0 Å². The zero-order valence-electron chi connectivity index (χ0n) is 16.3. The fourth-order valence-corrected chi connectivity index (χ4v) is 2.71. The van der Waals surface area contributed by atoms with Crippen LogP contribution in [0.3, 0.4) is 0 Å². The lowest BCUT2D eigenvalue weighted by atomic mass is 9.88. The van der Waals surface area contributed by atoms with E-state index in [0.29, 0.717) is 0 Å². The summed E-state index contributed by atoms with van der Waals surface area (Å²) in [6, 6.07) is 0. The number of carbonyl (C=O) groups is 1. The average Bonchev–Trinajstić information content (AvgIpc) is 2.54. The van der Waals surface area contributed by atoms with Crippen molar-refractivity contribution in [3.8, 4) is 0 Å². The molecule has 0 aromatic rings. The maximum atomic E-state index is 11.7. The first-order chi connectivity index (χ1) is 11.9. The number of carbonyl (C=O) groups excluding carboxylic acids is 1. The second-order valence-electron chi connectivity index (χ2n) is 6.79. The van der Waals surface area contributed by atoms with Crippen molar-refractivity contribution in [3.63, 3.8) is 0 Å². The molecule has 0 saturated heterocycles. The fraction of sp³-hybridized carbons (Fsp3) is 0.435. The van der Waals surface area contributed by atoms with Crippen molar-refractivity contribution in [3.05, 3.63) is 70.9 Å². The van der Waals surface area contributed by atoms with Crippen LogP contribution < -0.4 is 5.32 Å². The Balaban J connectivity index is 2.58. The van der Waals surface area contributed by atoms with E-state index in [1.165, 1.54) is 35.1 Å². The molecule has 0 heterocycles. The predicted octanol–water partition coefficient (Wildman–Crippen LogP) is 5.96. The van der Waals surface area contributed by atoms with E-state index in [1.54, 1.807) is 6.08 Å². The Bertz CT molecular complexity index is 626. The Morgan fingerprint density at radius 1 is 1.20 bits per heavy atom. The molecule has 2 nitrogen and oxygen atoms in total. The summed E-state index contributed by atoms with van der Waals surface area (Å²) in [5.74, 6) is -0.0191. The minimum absolute atomic E-state index is 0.0191. The van der Waals surface area contributed by atoms with Crippen molar-refractivity contribution in [1.29, 1.82) is 0 Å². The molecule has 0 aromatic heterocycles. The Labute approximate surface area is 153 Å². The molecule has 1 aliphatic rings. The monoisotopic (exact) mass is 339 g/mol. The van der Waals surface area contributed by atoms with E-state index in [0.717, 1.165) is 31.4 Å². The summed E-state index contributed by atoms with van der Waals surface area (Å²) in [6.45, 7) is 13.2. The topological polar surface area (TPSA) is 29.1 Å². The first kappa shape index (κ1) is 21.0. The van der Waals surface area contributed by atoms with Gasteiger partial charge < -0.3 is 5.32 Å². The van der Waals surface area contributed by atoms with E-state index in [9.17, 15) is 4.79 Å². The molecule has 0 unspecified atom stereocenters. The van der Waals surface area contributed by atoms with Gasteiger partial charge in [-0.15, -0.1) is 0 Å². The van der Waals surface area contributed by atoms with E-state index in [4.69, 9.17) is 0 Å². The molecule has 1 amide bonds. The van der Waals surface area contributed by atoms with Crippen LogP contribution in [0.2, 0.25) is 0 Å². The molecule has 25 heavy (non-hydrogen) atoms. The summed E-state index contributed by atoms with van der Waals surface area (Å²) in [7, 11) is 0. The van der Waals surface area contributed by atoms with Gasteiger partial charge in [-0.25, -0.2) is 0 Å². The number of nitrogens with one attached hydrogen (secondary N) is 1. The predicted molar refractivity (Wildman–Crippen MR) is 109 cm³/mol. The average molecular weight is 340 g/mol. The van der Waals surface area contributed by atoms with E-state index < -0.39 is 0 Å². The standard InChI is InChI=1S/C23H33NO/c1-6-7-16-24-23(25)17-19(3)11-8-10-18(2)14-15-22-20(4)12-9-13-21(22)5/h8,10-11,14-15,17H,4,6-7,9,12-13,16H2,1-3,5H3,(H,24,25)/b11-8+,15-14+,18-10+,19-17+. The number of hydrogen-bond donors (Lipinski definition) is 1. The first-order valence-corrected chi connectivity index (χ1v) is 9.31. The third kappa shape index (κ3) is 8.53. The van der Waals surface area contributed by atoms with Gasteiger partial charge in [-0.05, 0) is 63.2 Å². The largest absolute Gasteiger partial charge is 0.353 e. The summed E-state index contributed by atoms with van der Waals surface area (Å²) in [5, 5.41) is 2.89. The second kappa shape index (κ2) is 11.5. The molecule has 0 fully saturated rings. The molecule has 0 atom stereocenters. The summed E-state index contributed by atoms with van der Waals surface area (Å²) >= 11 is 0. The molecule has 1 aliphatic carbocycles. The molecule has 0 radical (unpaired) electrons. The maximum absolute atomic E-state index is 11.7. The minimum Gasteiger partial charge on any atom is -0.353 e. The smallest absolute Gasteiger partial charge is 0.244 e. The highest BCUT2D eigenvalue weighted by atomic mass is 16.1. The van der Waals surface area contributed by atoms with Crippen molar-refractivity contribution in [2.75, 3.05) is 6.54 Å². The highest BCUT2D eigenvalue weighted by Gasteiger charge is 2.09. The Morgan fingerprint density at radius 2 is 1.96 bits per heavy atom. The normalized spacial score (nSPS) is 17.0. The van der Waals surface area contributed by atoms with Gasteiger partial charge in [0.2, 0.25) is 5.91 Å². The molecular formula is C23H33NO. The highest BCUT2D eigenvalue weighted by Crippen LogP contribution is 2.29. The third-order valence-electron chi connectivity index (χ3n) is 4.29. The number of hydrogen-bond acceptors (Lipinski definition) is 1. The minimum atomic E-state index is -0.0191. The molecule has 0 aliphatic heterocycles. The van der Waals surface area contributed by atoms with Crippen molar-refractivity contribution >= 4 is 5.91 Å². The van der Waals surface area contributed by atoms with Crippen LogP contribution in [-0.4, -0.2) is 12.5 Å². The van der Waals surface area contributed by atoms with Gasteiger partial charge in [0.1, 0.15) is 0 Å². The highest BCUT2D eigenvalue weighted by molar-refractivity contribution is 5.88. The number of unbranched alkanes of at least 4 members (excludes halogenated alkanes) is 1. The lowest BCUT2D eigenvalue weighted by Crippen LogP contribution is -2.22. The van der Waals surface area contributed by atoms with Gasteiger partial charge in [0.25, 0.3) is 0 Å². The van der Waals surface area contributed by atoms with E-state index in [2.05, 4.69) is 50.9 Å². The Kier molecular flexibility index (Phi) is 9.61. The van der Waals surface area contributed by atoms with Crippen molar-refractivity contribution < 1.29 is 4.79 Å². The van der Waals surface area contributed by atoms with Gasteiger partial charge in [-0.2, -0.15) is 0 Å². The van der Waals surface area contributed by atoms with Crippen LogP contribution in [0.5, 0.6) is 0 Å². The summed E-state index contributed by atoms with van der Waals surface area (Å²) < 4.78 is 0. The van der Waals surface area contributed by atoms with Crippen LogP contribution in [0.1, 0.15) is 59.8 Å². The van der Waals surface area contributed by atoms with E-state index in [1.807, 2.05) is 19.1 Å². The fourth-order valence-electron chi connectivity index (χ4n) is 2.71. The Morgan fingerprint density at radius 3 is 2.64 bits per heavy atom. The quantitative estimate of drug-likeness (QED) is 0.330. The molecule has 0 bridgehead atoms. The first-order valence-electron chi connectivity index (χ1n) is 9.31. The second-order valence-corrected chi connectivity index (χ2v) is 6.79. The van der Waals surface area contributed by atoms with E-state index >= 15 is 0 Å². The van der Waals surface area contributed by atoms with Gasteiger partial charge >= 0.3 is 0 Å². The lowest BCUT2D eigenvalue weighted by Gasteiger charge is -2.17. The van der Waals surface area contributed by atoms with Crippen molar-refractivity contribution in [2.24, 2.45) is 0 Å². The van der Waals surface area contributed by atoms with E-state index in [-0.39, 0.29) is 5.91 Å². The zero-order valence-corrected chi connectivity index (χ0v) is 16.3. The Hall–Kier alpha value is -2.09. The van der Waals surface area contributed by atoms with Crippen molar-refractivity contribution in [2.45, 2.75) is 59.8 Å². The van der Waals surface area contributed by atoms with Crippen LogP contribution in [0.4, 0.5) is 0 Å².